The Bertz CT molecular complexity index is 394. The molecule has 1 aromatic heterocycles. The molecule has 1 N–H and O–H groups in total. The van der Waals surface area contributed by atoms with Gasteiger partial charge in [0.2, 0.25) is 0 Å². The average Bonchev–Trinajstić information content (AvgIpc) is 2.91. The van der Waals surface area contributed by atoms with Crippen LogP contribution in [0.25, 0.3) is 0 Å². The average molecular weight is 263 g/mol. The fourth-order valence-corrected chi connectivity index (χ4v) is 3.73. The zero-order chi connectivity index (χ0) is 13.9. The van der Waals surface area contributed by atoms with E-state index in [1.165, 1.54) is 31.5 Å². The Morgan fingerprint density at radius 2 is 2.32 bits per heavy atom. The lowest BCUT2D eigenvalue weighted by Crippen LogP contribution is -2.41. The van der Waals surface area contributed by atoms with Crippen LogP contribution >= 0.6 is 0 Å². The summed E-state index contributed by atoms with van der Waals surface area (Å²) in [4.78, 5) is 4.45. The van der Waals surface area contributed by atoms with Crippen LogP contribution in [0.1, 0.15) is 52.3 Å². The Labute approximate surface area is 117 Å². The molecule has 19 heavy (non-hydrogen) atoms. The lowest BCUT2D eigenvalue weighted by molar-refractivity contribution is 0.190. The van der Waals surface area contributed by atoms with Gasteiger partial charge in [-0.2, -0.15) is 0 Å². The van der Waals surface area contributed by atoms with E-state index in [-0.39, 0.29) is 0 Å². The summed E-state index contributed by atoms with van der Waals surface area (Å²) in [6.45, 7) is 8.17. The van der Waals surface area contributed by atoms with Crippen LogP contribution in [0, 0.1) is 11.3 Å². The van der Waals surface area contributed by atoms with Gasteiger partial charge in [0.15, 0.2) is 0 Å². The third-order valence-electron chi connectivity index (χ3n) is 4.89. The number of nitrogens with zero attached hydrogens (tertiary/aromatic N) is 2. The van der Waals surface area contributed by atoms with Crippen LogP contribution in [0.5, 0.6) is 0 Å². The second-order valence-corrected chi connectivity index (χ2v) is 6.64. The van der Waals surface area contributed by atoms with Crippen molar-refractivity contribution in [2.45, 2.75) is 58.9 Å². The van der Waals surface area contributed by atoms with Gasteiger partial charge in [0.25, 0.3) is 0 Å². The normalized spacial score (nSPS) is 23.7. The molecule has 3 heteroatoms. The third-order valence-corrected chi connectivity index (χ3v) is 4.89. The summed E-state index contributed by atoms with van der Waals surface area (Å²) >= 11 is 0. The van der Waals surface area contributed by atoms with Gasteiger partial charge in [0.05, 0.1) is 0 Å². The molecule has 0 amide bonds. The Balaban J connectivity index is 1.98. The molecule has 0 saturated heterocycles. The highest BCUT2D eigenvalue weighted by Crippen LogP contribution is 2.45. The molecule has 108 valence electrons. The SMILES string of the molecule is CCNC(CCc1nccn1C)C1CCCC1(C)C. The van der Waals surface area contributed by atoms with Gasteiger partial charge in [-0.25, -0.2) is 4.98 Å². The standard InChI is InChI=1S/C16H29N3/c1-5-17-14(13-7-6-10-16(13,2)3)8-9-15-18-11-12-19(15)4/h11-14,17H,5-10H2,1-4H3. The van der Waals surface area contributed by atoms with Gasteiger partial charge in [-0.3, -0.25) is 0 Å². The molecule has 1 aromatic rings. The van der Waals surface area contributed by atoms with Crippen molar-refractivity contribution in [2.24, 2.45) is 18.4 Å². The van der Waals surface area contributed by atoms with Gasteiger partial charge < -0.3 is 9.88 Å². The zero-order valence-corrected chi connectivity index (χ0v) is 12.9. The molecular formula is C16H29N3. The maximum atomic E-state index is 4.45. The molecule has 1 aliphatic carbocycles. The van der Waals surface area contributed by atoms with Crippen molar-refractivity contribution in [3.63, 3.8) is 0 Å². The summed E-state index contributed by atoms with van der Waals surface area (Å²) in [5.74, 6) is 2.02. The van der Waals surface area contributed by atoms with E-state index in [0.29, 0.717) is 11.5 Å². The first-order valence-corrected chi connectivity index (χ1v) is 7.74. The summed E-state index contributed by atoms with van der Waals surface area (Å²) in [6, 6.07) is 0.638. The van der Waals surface area contributed by atoms with Crippen molar-refractivity contribution in [1.29, 1.82) is 0 Å². The predicted octanol–water partition coefficient (Wildman–Crippen LogP) is 3.16. The van der Waals surface area contributed by atoms with Gasteiger partial charge in [-0.15, -0.1) is 0 Å². The minimum atomic E-state index is 0.495. The van der Waals surface area contributed by atoms with Crippen molar-refractivity contribution in [3.8, 4) is 0 Å². The van der Waals surface area contributed by atoms with Crippen LogP contribution in [0.15, 0.2) is 12.4 Å². The molecule has 1 aliphatic rings. The predicted molar refractivity (Wildman–Crippen MR) is 80.1 cm³/mol. The molecule has 2 atom stereocenters. The summed E-state index contributed by atoms with van der Waals surface area (Å²) in [7, 11) is 2.09. The number of hydrogen-bond donors (Lipinski definition) is 1. The Morgan fingerprint density at radius 1 is 1.53 bits per heavy atom. The quantitative estimate of drug-likeness (QED) is 0.854. The van der Waals surface area contributed by atoms with Crippen LogP contribution in [-0.4, -0.2) is 22.1 Å². The van der Waals surface area contributed by atoms with Gasteiger partial charge in [0.1, 0.15) is 5.82 Å². The van der Waals surface area contributed by atoms with Crippen molar-refractivity contribution in [2.75, 3.05) is 6.54 Å². The number of nitrogens with one attached hydrogen (secondary N) is 1. The number of aryl methyl sites for hydroxylation is 2. The first kappa shape index (κ1) is 14.6. The Kier molecular flexibility index (Phi) is 4.67. The zero-order valence-electron chi connectivity index (χ0n) is 12.9. The molecule has 0 bridgehead atoms. The van der Waals surface area contributed by atoms with Crippen molar-refractivity contribution < 1.29 is 0 Å². The number of imidazole rings is 1. The summed E-state index contributed by atoms with van der Waals surface area (Å²) in [5, 5.41) is 3.73. The van der Waals surface area contributed by atoms with Crippen LogP contribution in [0.4, 0.5) is 0 Å². The van der Waals surface area contributed by atoms with Crippen LogP contribution in [0.3, 0.4) is 0 Å². The van der Waals surface area contributed by atoms with Gasteiger partial charge in [0, 0.05) is 31.9 Å². The fourth-order valence-electron chi connectivity index (χ4n) is 3.73. The van der Waals surface area contributed by atoms with E-state index in [1.54, 1.807) is 0 Å². The fraction of sp³-hybridized carbons (Fsp3) is 0.812. The summed E-state index contributed by atoms with van der Waals surface area (Å²) in [5.41, 5.74) is 0.495. The van der Waals surface area contributed by atoms with E-state index in [1.807, 2.05) is 12.4 Å². The largest absolute Gasteiger partial charge is 0.338 e. The van der Waals surface area contributed by atoms with E-state index in [2.05, 4.69) is 42.7 Å². The molecule has 2 unspecified atom stereocenters. The first-order chi connectivity index (χ1) is 9.04. The number of hydrogen-bond acceptors (Lipinski definition) is 2. The highest BCUT2D eigenvalue weighted by Gasteiger charge is 2.38. The molecule has 3 nitrogen and oxygen atoms in total. The molecule has 0 aliphatic heterocycles. The maximum absolute atomic E-state index is 4.45. The van der Waals surface area contributed by atoms with Gasteiger partial charge >= 0.3 is 0 Å². The molecular weight excluding hydrogens is 234 g/mol. The Hall–Kier alpha value is -0.830. The van der Waals surface area contributed by atoms with E-state index in [0.717, 1.165) is 18.9 Å². The van der Waals surface area contributed by atoms with Crippen LogP contribution in [0.2, 0.25) is 0 Å². The van der Waals surface area contributed by atoms with E-state index in [9.17, 15) is 0 Å². The smallest absolute Gasteiger partial charge is 0.108 e. The second kappa shape index (κ2) is 6.08. The highest BCUT2D eigenvalue weighted by molar-refractivity contribution is 4.96. The van der Waals surface area contributed by atoms with Crippen LogP contribution in [-0.2, 0) is 13.5 Å². The molecule has 1 saturated carbocycles. The first-order valence-electron chi connectivity index (χ1n) is 7.74. The van der Waals surface area contributed by atoms with Crippen molar-refractivity contribution in [3.05, 3.63) is 18.2 Å². The molecule has 0 radical (unpaired) electrons. The maximum Gasteiger partial charge on any atom is 0.108 e. The molecule has 1 fully saturated rings. The molecule has 0 aromatic carbocycles. The minimum Gasteiger partial charge on any atom is -0.338 e. The Morgan fingerprint density at radius 3 is 2.84 bits per heavy atom. The van der Waals surface area contributed by atoms with Crippen LogP contribution < -0.4 is 5.32 Å². The second-order valence-electron chi connectivity index (χ2n) is 6.64. The van der Waals surface area contributed by atoms with E-state index < -0.39 is 0 Å². The van der Waals surface area contributed by atoms with Crippen molar-refractivity contribution >= 4 is 0 Å². The highest BCUT2D eigenvalue weighted by atomic mass is 15.0. The summed E-state index contributed by atoms with van der Waals surface area (Å²) < 4.78 is 2.14. The van der Waals surface area contributed by atoms with Gasteiger partial charge in [-0.05, 0) is 37.1 Å². The minimum absolute atomic E-state index is 0.495. The number of rotatable bonds is 6. The lowest BCUT2D eigenvalue weighted by Gasteiger charge is -2.34. The van der Waals surface area contributed by atoms with E-state index in [4.69, 9.17) is 0 Å². The number of aromatic nitrogens is 2. The molecule has 0 spiro atoms. The van der Waals surface area contributed by atoms with E-state index >= 15 is 0 Å². The van der Waals surface area contributed by atoms with Crippen molar-refractivity contribution in [1.82, 2.24) is 14.9 Å². The topological polar surface area (TPSA) is 29.9 Å². The monoisotopic (exact) mass is 263 g/mol. The summed E-state index contributed by atoms with van der Waals surface area (Å²) in [6.07, 6.45) is 10.4. The molecule has 1 heterocycles. The molecule has 2 rings (SSSR count). The van der Waals surface area contributed by atoms with Gasteiger partial charge in [-0.1, -0.05) is 27.2 Å². The third kappa shape index (κ3) is 3.38. The lowest BCUT2D eigenvalue weighted by atomic mass is 9.76.